The van der Waals surface area contributed by atoms with Crippen molar-refractivity contribution in [1.82, 2.24) is 0 Å². The number of unbranched alkanes of at least 4 members (excludes halogenated alkanes) is 11. The number of rotatable bonds is 22. The fraction of sp³-hybridized carbons (Fsp3) is 0.917. The molecule has 3 nitrogen and oxygen atoms in total. The number of hydrogen-bond acceptors (Lipinski definition) is 3. The van der Waals surface area contributed by atoms with Crippen molar-refractivity contribution in [1.29, 1.82) is 0 Å². The second-order valence-corrected chi connectivity index (χ2v) is 7.62. The number of allylic oxidation sites excluding steroid dienone is 1. The molecule has 162 valence electrons. The first kappa shape index (κ1) is 26.6. The monoisotopic (exact) mass is 384 g/mol. The van der Waals surface area contributed by atoms with Gasteiger partial charge in [0.25, 0.3) is 0 Å². The maximum Gasteiger partial charge on any atom is 0.157 e. The SMILES string of the molecule is CCCCCOC(CCCCCCCCC/C=C/CCO)OCCCCC. The van der Waals surface area contributed by atoms with Gasteiger partial charge in [0.15, 0.2) is 6.29 Å². The highest BCUT2D eigenvalue weighted by atomic mass is 16.7. The predicted molar refractivity (Wildman–Crippen MR) is 117 cm³/mol. The van der Waals surface area contributed by atoms with Crippen LogP contribution < -0.4 is 0 Å². The van der Waals surface area contributed by atoms with Crippen LogP contribution in [0.15, 0.2) is 12.2 Å². The molecule has 0 aliphatic rings. The molecule has 3 heteroatoms. The van der Waals surface area contributed by atoms with Crippen molar-refractivity contribution in [3.8, 4) is 0 Å². The molecule has 0 aromatic rings. The molecule has 0 unspecified atom stereocenters. The second-order valence-electron chi connectivity index (χ2n) is 7.62. The maximum absolute atomic E-state index is 8.71. The van der Waals surface area contributed by atoms with E-state index in [-0.39, 0.29) is 12.9 Å². The average Bonchev–Trinajstić information content (AvgIpc) is 2.68. The lowest BCUT2D eigenvalue weighted by atomic mass is 10.1. The lowest BCUT2D eigenvalue weighted by molar-refractivity contribution is -0.148. The third kappa shape index (κ3) is 21.8. The average molecular weight is 385 g/mol. The van der Waals surface area contributed by atoms with E-state index < -0.39 is 0 Å². The van der Waals surface area contributed by atoms with E-state index in [9.17, 15) is 0 Å². The van der Waals surface area contributed by atoms with Crippen molar-refractivity contribution in [3.63, 3.8) is 0 Å². The first-order valence-electron chi connectivity index (χ1n) is 11.8. The van der Waals surface area contributed by atoms with Crippen molar-refractivity contribution in [3.05, 3.63) is 12.2 Å². The smallest absolute Gasteiger partial charge is 0.157 e. The van der Waals surface area contributed by atoms with Crippen molar-refractivity contribution >= 4 is 0 Å². The van der Waals surface area contributed by atoms with Gasteiger partial charge in [0, 0.05) is 19.8 Å². The third-order valence-electron chi connectivity index (χ3n) is 4.88. The van der Waals surface area contributed by atoms with Gasteiger partial charge in [-0.1, -0.05) is 83.8 Å². The zero-order chi connectivity index (χ0) is 19.8. The summed E-state index contributed by atoms with van der Waals surface area (Å²) in [4.78, 5) is 0. The Kier molecular flexibility index (Phi) is 23.3. The van der Waals surface area contributed by atoms with Crippen LogP contribution in [0.4, 0.5) is 0 Å². The Hall–Kier alpha value is -0.380. The van der Waals surface area contributed by atoms with Crippen LogP contribution in [0.1, 0.15) is 117 Å². The number of hydrogen-bond donors (Lipinski definition) is 1. The second kappa shape index (κ2) is 23.7. The highest BCUT2D eigenvalue weighted by molar-refractivity contribution is 4.80. The minimum Gasteiger partial charge on any atom is -0.396 e. The summed E-state index contributed by atoms with van der Waals surface area (Å²) < 4.78 is 12.0. The van der Waals surface area contributed by atoms with Crippen LogP contribution >= 0.6 is 0 Å². The molecule has 0 aliphatic heterocycles. The van der Waals surface area contributed by atoms with Gasteiger partial charge in [0.05, 0.1) is 0 Å². The molecule has 1 N–H and O–H groups in total. The molecule has 0 aliphatic carbocycles. The van der Waals surface area contributed by atoms with Crippen LogP contribution in [-0.4, -0.2) is 31.2 Å². The van der Waals surface area contributed by atoms with Gasteiger partial charge in [0.2, 0.25) is 0 Å². The van der Waals surface area contributed by atoms with Crippen LogP contribution in [0.3, 0.4) is 0 Å². The Balaban J connectivity index is 3.60. The van der Waals surface area contributed by atoms with E-state index in [1.165, 1.54) is 70.6 Å². The van der Waals surface area contributed by atoms with E-state index in [0.29, 0.717) is 0 Å². The van der Waals surface area contributed by atoms with Gasteiger partial charge in [-0.3, -0.25) is 0 Å². The summed E-state index contributed by atoms with van der Waals surface area (Å²) in [6.07, 6.45) is 23.7. The molecular weight excluding hydrogens is 336 g/mol. The quantitative estimate of drug-likeness (QED) is 0.122. The molecule has 0 aromatic heterocycles. The van der Waals surface area contributed by atoms with E-state index in [1.807, 2.05) is 0 Å². The van der Waals surface area contributed by atoms with Crippen molar-refractivity contribution in [2.75, 3.05) is 19.8 Å². The van der Waals surface area contributed by atoms with Crippen LogP contribution in [0, 0.1) is 0 Å². The Morgan fingerprint density at radius 3 is 1.70 bits per heavy atom. The van der Waals surface area contributed by atoms with Gasteiger partial charge in [-0.2, -0.15) is 0 Å². The van der Waals surface area contributed by atoms with Gasteiger partial charge < -0.3 is 14.6 Å². The van der Waals surface area contributed by atoms with Gasteiger partial charge >= 0.3 is 0 Å². The Bertz CT molecular complexity index is 279. The summed E-state index contributed by atoms with van der Waals surface area (Å²) in [6, 6.07) is 0. The molecular formula is C24H48O3. The summed E-state index contributed by atoms with van der Waals surface area (Å²) in [7, 11) is 0. The van der Waals surface area contributed by atoms with Crippen LogP contribution in [0.5, 0.6) is 0 Å². The topological polar surface area (TPSA) is 38.7 Å². The molecule has 0 spiro atoms. The largest absolute Gasteiger partial charge is 0.396 e. The lowest BCUT2D eigenvalue weighted by Crippen LogP contribution is -2.19. The first-order chi connectivity index (χ1) is 13.3. The summed E-state index contributed by atoms with van der Waals surface area (Å²) in [6.45, 7) is 6.42. The fourth-order valence-corrected chi connectivity index (χ4v) is 3.12. The highest BCUT2D eigenvalue weighted by Crippen LogP contribution is 2.14. The maximum atomic E-state index is 8.71. The molecule has 0 bridgehead atoms. The minimum absolute atomic E-state index is 0.0180. The fourth-order valence-electron chi connectivity index (χ4n) is 3.12. The zero-order valence-corrected chi connectivity index (χ0v) is 18.4. The van der Waals surface area contributed by atoms with E-state index in [1.54, 1.807) is 0 Å². The van der Waals surface area contributed by atoms with E-state index in [0.717, 1.165) is 45.3 Å². The van der Waals surface area contributed by atoms with E-state index in [4.69, 9.17) is 14.6 Å². The van der Waals surface area contributed by atoms with Crippen LogP contribution in [-0.2, 0) is 9.47 Å². The standard InChI is InChI=1S/C24H48O3/c1-3-5-18-22-26-24(27-23-19-6-4-2)20-16-14-12-10-8-7-9-11-13-15-17-21-25/h13,15,24-25H,3-12,14,16-23H2,1-2H3/b15-13+. The number of ether oxygens (including phenoxy) is 2. The van der Waals surface area contributed by atoms with Gasteiger partial charge in [0.1, 0.15) is 0 Å². The Labute approximate surface area is 169 Å². The summed E-state index contributed by atoms with van der Waals surface area (Å²) in [5.74, 6) is 0. The summed E-state index contributed by atoms with van der Waals surface area (Å²) >= 11 is 0. The van der Waals surface area contributed by atoms with Crippen molar-refractivity contribution in [2.45, 2.75) is 123 Å². The van der Waals surface area contributed by atoms with Crippen molar-refractivity contribution in [2.24, 2.45) is 0 Å². The van der Waals surface area contributed by atoms with Crippen molar-refractivity contribution < 1.29 is 14.6 Å². The summed E-state index contributed by atoms with van der Waals surface area (Å²) in [5, 5.41) is 8.71. The molecule has 0 saturated heterocycles. The number of aliphatic hydroxyl groups excluding tert-OH is 1. The van der Waals surface area contributed by atoms with Gasteiger partial charge in [-0.05, 0) is 44.9 Å². The Morgan fingerprint density at radius 1 is 0.630 bits per heavy atom. The number of aliphatic hydroxyl groups is 1. The molecule has 0 heterocycles. The highest BCUT2D eigenvalue weighted by Gasteiger charge is 2.09. The minimum atomic E-state index is 0.0180. The molecule has 0 atom stereocenters. The lowest BCUT2D eigenvalue weighted by Gasteiger charge is -2.18. The molecule has 0 radical (unpaired) electrons. The molecule has 0 aromatic carbocycles. The van der Waals surface area contributed by atoms with Crippen LogP contribution in [0.2, 0.25) is 0 Å². The first-order valence-corrected chi connectivity index (χ1v) is 11.8. The van der Waals surface area contributed by atoms with E-state index in [2.05, 4.69) is 26.0 Å². The zero-order valence-electron chi connectivity index (χ0n) is 18.4. The van der Waals surface area contributed by atoms with Gasteiger partial charge in [-0.25, -0.2) is 0 Å². The third-order valence-corrected chi connectivity index (χ3v) is 4.88. The predicted octanol–water partition coefficient (Wildman–Crippen LogP) is 7.18. The van der Waals surface area contributed by atoms with E-state index >= 15 is 0 Å². The summed E-state index contributed by atoms with van der Waals surface area (Å²) in [5.41, 5.74) is 0. The molecule has 0 saturated carbocycles. The van der Waals surface area contributed by atoms with Gasteiger partial charge in [-0.15, -0.1) is 0 Å². The molecule has 0 amide bonds. The molecule has 0 fully saturated rings. The normalized spacial score (nSPS) is 11.9. The van der Waals surface area contributed by atoms with Crippen LogP contribution in [0.25, 0.3) is 0 Å². The molecule has 27 heavy (non-hydrogen) atoms. The Morgan fingerprint density at radius 2 is 1.15 bits per heavy atom. The molecule has 0 rings (SSSR count).